The first-order chi connectivity index (χ1) is 14.4. The molecule has 0 aliphatic rings. The van der Waals surface area contributed by atoms with E-state index in [2.05, 4.69) is 5.10 Å². The van der Waals surface area contributed by atoms with Crippen molar-refractivity contribution in [3.05, 3.63) is 71.2 Å². The number of benzene rings is 1. The zero-order valence-corrected chi connectivity index (χ0v) is 16.9. The van der Waals surface area contributed by atoms with Gasteiger partial charge in [-0.05, 0) is 23.1 Å². The zero-order chi connectivity index (χ0) is 21.5. The quantitative estimate of drug-likeness (QED) is 0.506. The van der Waals surface area contributed by atoms with Crippen LogP contribution in [0.1, 0.15) is 11.1 Å². The lowest BCUT2D eigenvalue weighted by molar-refractivity contribution is -0.134. The number of nitrogens with two attached hydrogens (primary N) is 2. The number of hydrogen-bond acceptors (Lipinski definition) is 5. The molecule has 0 aliphatic heterocycles. The van der Waals surface area contributed by atoms with Crippen LogP contribution in [0.3, 0.4) is 0 Å². The smallest absolute Gasteiger partial charge is 0.247 e. The molecule has 0 spiro atoms. The fourth-order valence-corrected chi connectivity index (χ4v) is 3.60. The largest absolute Gasteiger partial charge is 0.368 e. The molecule has 0 atom stereocenters. The van der Waals surface area contributed by atoms with Crippen LogP contribution in [0.25, 0.3) is 16.6 Å². The van der Waals surface area contributed by atoms with Gasteiger partial charge in [-0.1, -0.05) is 36.4 Å². The molecule has 0 aliphatic carbocycles. The fraction of sp³-hybridized carbons (Fsp3) is 0.143. The second-order valence-corrected chi connectivity index (χ2v) is 7.50. The van der Waals surface area contributed by atoms with E-state index in [1.165, 1.54) is 17.4 Å². The van der Waals surface area contributed by atoms with Crippen LogP contribution in [-0.2, 0) is 20.9 Å². The van der Waals surface area contributed by atoms with Gasteiger partial charge in [0.1, 0.15) is 18.8 Å². The van der Waals surface area contributed by atoms with Gasteiger partial charge in [0, 0.05) is 17.8 Å². The highest BCUT2D eigenvalue weighted by molar-refractivity contribution is 7.13. The molecule has 3 aromatic rings. The summed E-state index contributed by atoms with van der Waals surface area (Å²) in [4.78, 5) is 36.8. The number of carbonyl (C=O) groups is 3. The van der Waals surface area contributed by atoms with Crippen LogP contribution in [0.2, 0.25) is 0 Å². The maximum atomic E-state index is 12.5. The Morgan fingerprint density at radius 3 is 2.33 bits per heavy atom. The van der Waals surface area contributed by atoms with Gasteiger partial charge in [-0.3, -0.25) is 19.1 Å². The molecule has 154 valence electrons. The topological polar surface area (TPSA) is 124 Å². The Morgan fingerprint density at radius 2 is 1.73 bits per heavy atom. The molecular weight excluding hydrogens is 402 g/mol. The van der Waals surface area contributed by atoms with Crippen molar-refractivity contribution in [2.45, 2.75) is 6.54 Å². The van der Waals surface area contributed by atoms with Crippen molar-refractivity contribution in [3.8, 4) is 10.6 Å². The molecule has 2 aromatic heterocycles. The van der Waals surface area contributed by atoms with Crippen LogP contribution in [0, 0.1) is 0 Å². The molecule has 0 saturated carbocycles. The molecule has 0 bridgehead atoms. The molecule has 30 heavy (non-hydrogen) atoms. The summed E-state index contributed by atoms with van der Waals surface area (Å²) in [5.41, 5.74) is 12.9. The van der Waals surface area contributed by atoms with Gasteiger partial charge < -0.3 is 16.4 Å². The van der Waals surface area contributed by atoms with Crippen molar-refractivity contribution >= 4 is 35.1 Å². The van der Waals surface area contributed by atoms with E-state index in [-0.39, 0.29) is 0 Å². The van der Waals surface area contributed by atoms with Gasteiger partial charge in [-0.2, -0.15) is 5.10 Å². The maximum absolute atomic E-state index is 12.5. The van der Waals surface area contributed by atoms with E-state index in [0.717, 1.165) is 26.6 Å². The van der Waals surface area contributed by atoms with Crippen molar-refractivity contribution in [1.29, 1.82) is 0 Å². The van der Waals surface area contributed by atoms with Crippen molar-refractivity contribution in [2.75, 3.05) is 13.1 Å². The lowest BCUT2D eigenvalue weighted by Crippen LogP contribution is -2.42. The van der Waals surface area contributed by atoms with E-state index < -0.39 is 30.8 Å². The van der Waals surface area contributed by atoms with Crippen LogP contribution in [0.4, 0.5) is 0 Å². The van der Waals surface area contributed by atoms with Gasteiger partial charge >= 0.3 is 0 Å². The Balaban J connectivity index is 1.86. The highest BCUT2D eigenvalue weighted by atomic mass is 32.1. The predicted octanol–water partition coefficient (Wildman–Crippen LogP) is 1.47. The Morgan fingerprint density at radius 1 is 1.03 bits per heavy atom. The molecule has 3 rings (SSSR count). The van der Waals surface area contributed by atoms with Crippen LogP contribution >= 0.6 is 11.3 Å². The van der Waals surface area contributed by atoms with Gasteiger partial charge in [0.2, 0.25) is 17.7 Å². The number of carbonyl (C=O) groups excluding carboxylic acids is 3. The SMILES string of the molecule is NC(=O)CN(CC(N)=O)C(=O)/C=C/c1cn(Cc2ccccc2)nc1-c1cccs1. The molecule has 4 N–H and O–H groups in total. The van der Waals surface area contributed by atoms with Crippen molar-refractivity contribution in [1.82, 2.24) is 14.7 Å². The van der Waals surface area contributed by atoms with Crippen molar-refractivity contribution < 1.29 is 14.4 Å². The van der Waals surface area contributed by atoms with Gasteiger partial charge in [-0.15, -0.1) is 11.3 Å². The Kier molecular flexibility index (Phi) is 6.76. The first-order valence-electron chi connectivity index (χ1n) is 9.11. The summed E-state index contributed by atoms with van der Waals surface area (Å²) in [6.45, 7) is -0.204. The lowest BCUT2D eigenvalue weighted by atomic mass is 10.2. The van der Waals surface area contributed by atoms with E-state index >= 15 is 0 Å². The van der Waals surface area contributed by atoms with Crippen LogP contribution in [0.15, 0.2) is 60.1 Å². The van der Waals surface area contributed by atoms with E-state index in [1.54, 1.807) is 10.8 Å². The van der Waals surface area contributed by atoms with Crippen molar-refractivity contribution in [2.24, 2.45) is 11.5 Å². The summed E-state index contributed by atoms with van der Waals surface area (Å²) < 4.78 is 1.80. The Labute approximate surface area is 177 Å². The molecule has 9 heteroatoms. The Hall–Kier alpha value is -3.72. The number of amides is 3. The number of primary amides is 2. The number of rotatable bonds is 9. The average Bonchev–Trinajstić information content (AvgIpc) is 3.35. The fourth-order valence-electron chi connectivity index (χ4n) is 2.87. The zero-order valence-electron chi connectivity index (χ0n) is 16.1. The van der Waals surface area contributed by atoms with Gasteiger partial charge in [-0.25, -0.2) is 0 Å². The summed E-state index contributed by atoms with van der Waals surface area (Å²) in [6.07, 6.45) is 4.74. The molecule has 2 heterocycles. The van der Waals surface area contributed by atoms with Crippen molar-refractivity contribution in [3.63, 3.8) is 0 Å². The van der Waals surface area contributed by atoms with E-state index in [4.69, 9.17) is 11.5 Å². The minimum Gasteiger partial charge on any atom is -0.368 e. The van der Waals surface area contributed by atoms with Gasteiger partial charge in [0.15, 0.2) is 0 Å². The van der Waals surface area contributed by atoms with E-state index in [1.807, 2.05) is 54.0 Å². The minimum atomic E-state index is -0.729. The van der Waals surface area contributed by atoms with Crippen LogP contribution < -0.4 is 11.5 Å². The first kappa shape index (κ1) is 21.0. The van der Waals surface area contributed by atoms with Crippen LogP contribution in [0.5, 0.6) is 0 Å². The van der Waals surface area contributed by atoms with E-state index in [0.29, 0.717) is 6.54 Å². The number of nitrogens with zero attached hydrogens (tertiary/aromatic N) is 3. The minimum absolute atomic E-state index is 0.392. The Bertz CT molecular complexity index is 1040. The number of thiophene rings is 1. The summed E-state index contributed by atoms with van der Waals surface area (Å²) in [6, 6.07) is 13.8. The highest BCUT2D eigenvalue weighted by Crippen LogP contribution is 2.27. The third-order valence-electron chi connectivity index (χ3n) is 4.14. The van der Waals surface area contributed by atoms with E-state index in [9.17, 15) is 14.4 Å². The molecular formula is C21H21N5O3S. The van der Waals surface area contributed by atoms with Gasteiger partial charge in [0.05, 0.1) is 11.4 Å². The summed E-state index contributed by atoms with van der Waals surface area (Å²) in [5, 5.41) is 6.62. The molecule has 0 radical (unpaired) electrons. The molecule has 3 amide bonds. The molecule has 1 aromatic carbocycles. The summed E-state index contributed by atoms with van der Waals surface area (Å²) in [7, 11) is 0. The number of aromatic nitrogens is 2. The predicted molar refractivity (Wildman–Crippen MR) is 115 cm³/mol. The monoisotopic (exact) mass is 423 g/mol. The molecule has 8 nitrogen and oxygen atoms in total. The molecule has 0 fully saturated rings. The van der Waals surface area contributed by atoms with Crippen LogP contribution in [-0.4, -0.2) is 45.5 Å². The first-order valence-corrected chi connectivity index (χ1v) is 9.99. The molecule has 0 unspecified atom stereocenters. The highest BCUT2D eigenvalue weighted by Gasteiger charge is 2.17. The average molecular weight is 423 g/mol. The van der Waals surface area contributed by atoms with Gasteiger partial charge in [0.25, 0.3) is 0 Å². The normalized spacial score (nSPS) is 10.9. The lowest BCUT2D eigenvalue weighted by Gasteiger charge is -2.17. The third-order valence-corrected chi connectivity index (χ3v) is 5.02. The second kappa shape index (κ2) is 9.66. The second-order valence-electron chi connectivity index (χ2n) is 6.55. The standard InChI is InChI=1S/C21H21N5O3S/c22-18(27)13-25(14-19(23)28)20(29)9-8-16-12-26(11-15-5-2-1-3-6-15)24-21(16)17-7-4-10-30-17/h1-10,12H,11,13-14H2,(H2,22,27)(H2,23,28)/b9-8+. The summed E-state index contributed by atoms with van der Waals surface area (Å²) in [5.74, 6) is -2.00. The number of hydrogen-bond donors (Lipinski definition) is 2. The molecule has 0 saturated heterocycles. The third kappa shape index (κ3) is 5.65. The summed E-state index contributed by atoms with van der Waals surface area (Å²) >= 11 is 1.54. The maximum Gasteiger partial charge on any atom is 0.247 e.